The van der Waals surface area contributed by atoms with Gasteiger partial charge in [0, 0.05) is 17.4 Å². The zero-order chi connectivity index (χ0) is 34.7. The fraction of sp³-hybridized carbons (Fsp3) is 0.209. The summed E-state index contributed by atoms with van der Waals surface area (Å²) in [5.41, 5.74) is 3.22. The van der Waals surface area contributed by atoms with E-state index in [-0.39, 0.29) is 41.3 Å². The molecule has 6 unspecified atom stereocenters. The number of allylic oxidation sites excluding steroid dienone is 4. The number of carbonyl (C=O) groups excluding carboxylic acids is 4. The number of aromatic hydroxyl groups is 1. The van der Waals surface area contributed by atoms with E-state index in [1.807, 2.05) is 78.9 Å². The highest BCUT2D eigenvalue weighted by molar-refractivity contribution is 6.32. The number of imide groups is 1. The summed E-state index contributed by atoms with van der Waals surface area (Å²) in [5, 5.41) is 10.6. The first-order valence-electron chi connectivity index (χ1n) is 16.9. The Morgan fingerprint density at radius 3 is 2.24 bits per heavy atom. The van der Waals surface area contributed by atoms with Gasteiger partial charge in [-0.25, -0.2) is 0 Å². The first-order valence-corrected chi connectivity index (χ1v) is 16.9. The van der Waals surface area contributed by atoms with Crippen LogP contribution in [0.1, 0.15) is 41.0 Å². The maximum Gasteiger partial charge on any atom is 0.238 e. The lowest BCUT2D eigenvalue weighted by Gasteiger charge is -2.55. The van der Waals surface area contributed by atoms with Crippen molar-refractivity contribution in [2.45, 2.75) is 24.2 Å². The fourth-order valence-corrected chi connectivity index (χ4v) is 9.14. The number of Topliss-reactive ketones (excluding diaryl/α,β-unsaturated/α-hetero) is 1. The Morgan fingerprint density at radius 1 is 0.860 bits per heavy atom. The third-order valence-corrected chi connectivity index (χ3v) is 11.3. The molecule has 4 aromatic rings. The van der Waals surface area contributed by atoms with Gasteiger partial charge in [0.15, 0.2) is 23.1 Å². The summed E-state index contributed by atoms with van der Waals surface area (Å²) >= 11 is 0. The number of ether oxygens (including phenoxy) is 1. The predicted molar refractivity (Wildman–Crippen MR) is 190 cm³/mol. The van der Waals surface area contributed by atoms with Crippen molar-refractivity contribution in [3.05, 3.63) is 150 Å². The zero-order valence-corrected chi connectivity index (χ0v) is 27.5. The van der Waals surface area contributed by atoms with Crippen molar-refractivity contribution < 1.29 is 29.0 Å². The monoisotopic (exact) mass is 661 g/mol. The van der Waals surface area contributed by atoms with Gasteiger partial charge in [-0.15, -0.1) is 0 Å². The maximum atomic E-state index is 15.1. The lowest BCUT2D eigenvalue weighted by molar-refractivity contribution is -0.135. The van der Waals surface area contributed by atoms with Crippen LogP contribution in [-0.4, -0.2) is 35.6 Å². The molecule has 6 atom stereocenters. The molecule has 0 spiro atoms. The van der Waals surface area contributed by atoms with Crippen molar-refractivity contribution in [2.24, 2.45) is 23.7 Å². The van der Waals surface area contributed by atoms with Gasteiger partial charge in [-0.1, -0.05) is 103 Å². The molecule has 4 aromatic carbocycles. The van der Waals surface area contributed by atoms with Crippen molar-refractivity contribution in [3.8, 4) is 11.5 Å². The van der Waals surface area contributed by atoms with Crippen molar-refractivity contribution in [2.75, 3.05) is 12.0 Å². The van der Waals surface area contributed by atoms with Gasteiger partial charge in [-0.2, -0.15) is 0 Å². The van der Waals surface area contributed by atoms with Crippen molar-refractivity contribution in [1.29, 1.82) is 0 Å². The number of methoxy groups -OCH3 is 1. The Balaban J connectivity index is 1.35. The highest BCUT2D eigenvalue weighted by Crippen LogP contribution is 2.64. The van der Waals surface area contributed by atoms with E-state index in [4.69, 9.17) is 4.74 Å². The van der Waals surface area contributed by atoms with Crippen LogP contribution in [-0.2, 0) is 24.6 Å². The third kappa shape index (κ3) is 4.49. The number of phenolic OH excluding ortho intramolecular Hbond substituents is 1. The Morgan fingerprint density at radius 2 is 1.56 bits per heavy atom. The van der Waals surface area contributed by atoms with E-state index in [0.717, 1.165) is 11.1 Å². The maximum absolute atomic E-state index is 15.1. The number of hydrogen-bond acceptors (Lipinski definition) is 6. The minimum atomic E-state index is -1.36. The third-order valence-electron chi connectivity index (χ3n) is 11.3. The van der Waals surface area contributed by atoms with E-state index in [9.17, 15) is 14.7 Å². The van der Waals surface area contributed by atoms with Crippen molar-refractivity contribution >= 4 is 40.7 Å². The number of fused-ring (bicyclic) bond motifs is 4. The summed E-state index contributed by atoms with van der Waals surface area (Å²) in [6.45, 7) is 3.80. The van der Waals surface area contributed by atoms with Crippen molar-refractivity contribution in [1.82, 2.24) is 0 Å². The molecule has 2 fully saturated rings. The molecule has 2 amide bonds. The molecule has 1 aliphatic heterocycles. The largest absolute Gasteiger partial charge is 0.504 e. The molecule has 7 heteroatoms. The van der Waals surface area contributed by atoms with Crippen LogP contribution in [0.2, 0.25) is 0 Å². The summed E-state index contributed by atoms with van der Waals surface area (Å²) in [4.78, 5) is 60.0. The van der Waals surface area contributed by atoms with Gasteiger partial charge in [0.2, 0.25) is 11.8 Å². The number of phenols is 1. The zero-order valence-electron chi connectivity index (χ0n) is 27.5. The van der Waals surface area contributed by atoms with E-state index in [2.05, 4.69) is 6.58 Å². The average molecular weight is 662 g/mol. The second-order valence-corrected chi connectivity index (χ2v) is 13.5. The first kappa shape index (κ1) is 31.4. The van der Waals surface area contributed by atoms with E-state index < -0.39 is 35.0 Å². The molecular weight excluding hydrogens is 626 g/mol. The van der Waals surface area contributed by atoms with Gasteiger partial charge in [-0.3, -0.25) is 24.1 Å². The van der Waals surface area contributed by atoms with Crippen LogP contribution < -0.4 is 9.64 Å². The molecule has 248 valence electrons. The number of amides is 2. The topological polar surface area (TPSA) is 101 Å². The standard InChI is InChI=1S/C43H35NO6/c1-3-25-14-17-29(18-15-25)44-41(48)31-20-19-30-33(38(31)42(44)49)23-34-40(47)32(26-10-6-4-7-11-26)24-37(46)43(34,28-12-8-5-9-13-28)39(30)27-16-21-35(45)36(22-27)50-2/h3-19,21-22,24,31,33-34,38-39,45H,1,20,23H2,2H3. The van der Waals surface area contributed by atoms with Gasteiger partial charge in [0.25, 0.3) is 0 Å². The van der Waals surface area contributed by atoms with Crippen LogP contribution in [0.15, 0.2) is 127 Å². The number of nitrogens with zero attached hydrogens (tertiary/aromatic N) is 1. The summed E-state index contributed by atoms with van der Waals surface area (Å²) < 4.78 is 5.55. The van der Waals surface area contributed by atoms with Crippen LogP contribution in [0.25, 0.3) is 11.6 Å². The van der Waals surface area contributed by atoms with Crippen LogP contribution in [0.4, 0.5) is 5.69 Å². The fourth-order valence-electron chi connectivity index (χ4n) is 9.14. The molecule has 8 rings (SSSR count). The summed E-state index contributed by atoms with van der Waals surface area (Å²) in [5.74, 6) is -4.14. The van der Waals surface area contributed by atoms with Crippen LogP contribution in [0.3, 0.4) is 0 Å². The number of benzene rings is 4. The average Bonchev–Trinajstić information content (AvgIpc) is 3.42. The summed E-state index contributed by atoms with van der Waals surface area (Å²) in [7, 11) is 1.46. The number of anilines is 1. The highest BCUT2D eigenvalue weighted by Gasteiger charge is 2.66. The number of ketones is 2. The lowest BCUT2D eigenvalue weighted by Crippen LogP contribution is -2.58. The van der Waals surface area contributed by atoms with Gasteiger partial charge in [0.05, 0.1) is 30.0 Å². The van der Waals surface area contributed by atoms with Gasteiger partial charge >= 0.3 is 0 Å². The number of hydrogen-bond donors (Lipinski definition) is 1. The molecule has 0 bridgehead atoms. The normalized spacial score (nSPS) is 27.1. The van der Waals surface area contributed by atoms with Gasteiger partial charge < -0.3 is 9.84 Å². The molecule has 0 aromatic heterocycles. The Bertz CT molecular complexity index is 2130. The second-order valence-electron chi connectivity index (χ2n) is 13.5. The number of rotatable bonds is 6. The minimum absolute atomic E-state index is 0.0569. The molecule has 1 saturated heterocycles. The molecule has 3 aliphatic carbocycles. The van der Waals surface area contributed by atoms with E-state index in [1.165, 1.54) is 24.2 Å². The summed E-state index contributed by atoms with van der Waals surface area (Å²) in [6, 6.07) is 30.8. The van der Waals surface area contributed by atoms with Crippen LogP contribution in [0, 0.1) is 23.7 Å². The molecule has 0 radical (unpaired) electrons. The molecule has 1 saturated carbocycles. The smallest absolute Gasteiger partial charge is 0.238 e. The van der Waals surface area contributed by atoms with E-state index in [1.54, 1.807) is 30.3 Å². The quantitative estimate of drug-likeness (QED) is 0.175. The Kier molecular flexibility index (Phi) is 7.52. The number of carbonyl (C=O) groups is 4. The molecule has 4 aliphatic rings. The first-order chi connectivity index (χ1) is 24.3. The van der Waals surface area contributed by atoms with Gasteiger partial charge in [0.1, 0.15) is 0 Å². The molecule has 50 heavy (non-hydrogen) atoms. The molecule has 7 nitrogen and oxygen atoms in total. The predicted octanol–water partition coefficient (Wildman–Crippen LogP) is 7.07. The Labute approximate surface area is 290 Å². The van der Waals surface area contributed by atoms with E-state index in [0.29, 0.717) is 34.4 Å². The van der Waals surface area contributed by atoms with Crippen LogP contribution >= 0.6 is 0 Å². The second kappa shape index (κ2) is 11.9. The lowest BCUT2D eigenvalue weighted by atomic mass is 9.44. The molecular formula is C43H35NO6. The molecule has 1 N–H and O–H groups in total. The van der Waals surface area contributed by atoms with Crippen molar-refractivity contribution in [3.63, 3.8) is 0 Å². The SMILES string of the molecule is C=Cc1ccc(N2C(=O)C3CC=C4C(CC5C(=O)C(c6ccccc6)=CC(=O)C5(c5ccccc5)C4c4ccc(O)c(OC)c4)C3C2=O)cc1. The highest BCUT2D eigenvalue weighted by atomic mass is 16.5. The molecule has 1 heterocycles. The summed E-state index contributed by atoms with van der Waals surface area (Å²) in [6.07, 6.45) is 5.76. The van der Waals surface area contributed by atoms with E-state index >= 15 is 9.59 Å². The van der Waals surface area contributed by atoms with Crippen LogP contribution in [0.5, 0.6) is 11.5 Å². The van der Waals surface area contributed by atoms with Gasteiger partial charge in [-0.05, 0) is 71.4 Å². The minimum Gasteiger partial charge on any atom is -0.504 e. The Hall–Kier alpha value is -5.82.